The molecule has 3 rings (SSSR count). The van der Waals surface area contributed by atoms with Crippen LogP contribution in [0, 0.1) is 13.8 Å². The molecule has 7 heteroatoms. The molecule has 1 N–H and O–H groups in total. The number of hydrogen-bond donors (Lipinski definition) is 1. The van der Waals surface area contributed by atoms with Gasteiger partial charge in [-0.05, 0) is 61.4 Å². The lowest BCUT2D eigenvalue weighted by Gasteiger charge is -2.20. The Hall–Kier alpha value is -3.32. The molecule has 0 aromatic heterocycles. The summed E-state index contributed by atoms with van der Waals surface area (Å²) in [6.07, 6.45) is 0. The molecule has 0 saturated carbocycles. The van der Waals surface area contributed by atoms with E-state index in [2.05, 4.69) is 4.72 Å². The monoisotopic (exact) mass is 438 g/mol. The van der Waals surface area contributed by atoms with E-state index in [1.807, 2.05) is 31.2 Å². The van der Waals surface area contributed by atoms with Crippen LogP contribution in [0.1, 0.15) is 27.0 Å². The second kappa shape index (κ2) is 9.22. The second-order valence-electron chi connectivity index (χ2n) is 7.41. The second-order valence-corrected chi connectivity index (χ2v) is 9.09. The summed E-state index contributed by atoms with van der Waals surface area (Å²) in [7, 11) is -0.435. The first-order valence-electron chi connectivity index (χ1n) is 9.79. The highest BCUT2D eigenvalue weighted by Gasteiger charge is 2.20. The van der Waals surface area contributed by atoms with Gasteiger partial charge in [0.05, 0.1) is 17.7 Å². The standard InChI is InChI=1S/C24H26N2O4S/c1-17-8-14-21(15-9-17)31(28,29)25-23-7-5-6-22(18(23)2)24(27)26(3)16-19-10-12-20(30-4)13-11-19/h5-15,25H,16H2,1-4H3. The Kier molecular flexibility index (Phi) is 6.65. The zero-order valence-electron chi connectivity index (χ0n) is 18.0. The fourth-order valence-electron chi connectivity index (χ4n) is 3.18. The topological polar surface area (TPSA) is 75.7 Å². The summed E-state index contributed by atoms with van der Waals surface area (Å²) in [6, 6.07) is 19.1. The lowest BCUT2D eigenvalue weighted by molar-refractivity contribution is 0.0784. The van der Waals surface area contributed by atoms with Gasteiger partial charge in [0.25, 0.3) is 15.9 Å². The van der Waals surface area contributed by atoms with Crippen molar-refractivity contribution in [3.05, 3.63) is 89.0 Å². The first-order chi connectivity index (χ1) is 14.7. The number of benzene rings is 3. The van der Waals surface area contributed by atoms with Crippen molar-refractivity contribution in [3.63, 3.8) is 0 Å². The summed E-state index contributed by atoms with van der Waals surface area (Å²) in [6.45, 7) is 4.05. The van der Waals surface area contributed by atoms with Crippen molar-refractivity contribution in [3.8, 4) is 5.75 Å². The van der Waals surface area contributed by atoms with Gasteiger partial charge in [-0.25, -0.2) is 8.42 Å². The van der Waals surface area contributed by atoms with E-state index in [0.29, 0.717) is 23.4 Å². The van der Waals surface area contributed by atoms with Gasteiger partial charge in [-0.1, -0.05) is 35.9 Å². The molecule has 3 aromatic rings. The molecule has 0 atom stereocenters. The minimum atomic E-state index is -3.76. The molecule has 0 radical (unpaired) electrons. The van der Waals surface area contributed by atoms with Crippen molar-refractivity contribution >= 4 is 21.6 Å². The van der Waals surface area contributed by atoms with Crippen LogP contribution < -0.4 is 9.46 Å². The highest BCUT2D eigenvalue weighted by molar-refractivity contribution is 7.92. The van der Waals surface area contributed by atoms with E-state index in [1.165, 1.54) is 0 Å². The summed E-state index contributed by atoms with van der Waals surface area (Å²) >= 11 is 0. The molecule has 0 saturated heterocycles. The van der Waals surface area contributed by atoms with Crippen LogP contribution in [-0.4, -0.2) is 33.4 Å². The van der Waals surface area contributed by atoms with Gasteiger partial charge in [0, 0.05) is 19.2 Å². The lowest BCUT2D eigenvalue weighted by Crippen LogP contribution is -2.27. The maximum absolute atomic E-state index is 13.0. The average molecular weight is 439 g/mol. The Morgan fingerprint density at radius 3 is 2.23 bits per heavy atom. The van der Waals surface area contributed by atoms with Gasteiger partial charge in [0.2, 0.25) is 0 Å². The maximum Gasteiger partial charge on any atom is 0.261 e. The average Bonchev–Trinajstić information content (AvgIpc) is 2.75. The van der Waals surface area contributed by atoms with Crippen LogP contribution in [0.2, 0.25) is 0 Å². The number of amides is 1. The third-order valence-electron chi connectivity index (χ3n) is 5.07. The SMILES string of the molecule is COc1ccc(CN(C)C(=O)c2cccc(NS(=O)(=O)c3ccc(C)cc3)c2C)cc1. The quantitative estimate of drug-likeness (QED) is 0.594. The third-order valence-corrected chi connectivity index (χ3v) is 6.45. The summed E-state index contributed by atoms with van der Waals surface area (Å²) < 4.78 is 33.3. The molecule has 0 unspecified atom stereocenters. The van der Waals surface area contributed by atoms with Gasteiger partial charge in [-0.2, -0.15) is 0 Å². The van der Waals surface area contributed by atoms with Crippen LogP contribution in [0.25, 0.3) is 0 Å². The third kappa shape index (κ3) is 5.24. The van der Waals surface area contributed by atoms with Crippen LogP contribution in [0.5, 0.6) is 5.75 Å². The number of methoxy groups -OCH3 is 1. The molecule has 6 nitrogen and oxygen atoms in total. The van der Waals surface area contributed by atoms with Crippen LogP contribution in [0.15, 0.2) is 71.6 Å². The molecule has 0 aliphatic rings. The van der Waals surface area contributed by atoms with Crippen molar-refractivity contribution in [1.29, 1.82) is 0 Å². The molecule has 3 aromatic carbocycles. The Bertz CT molecular complexity index is 1170. The molecule has 162 valence electrons. The van der Waals surface area contributed by atoms with Gasteiger partial charge in [-0.15, -0.1) is 0 Å². The smallest absolute Gasteiger partial charge is 0.261 e. The number of rotatable bonds is 7. The summed E-state index contributed by atoms with van der Waals surface area (Å²) in [5, 5.41) is 0. The molecular weight excluding hydrogens is 412 g/mol. The fourth-order valence-corrected chi connectivity index (χ4v) is 4.30. The zero-order chi connectivity index (χ0) is 22.6. The van der Waals surface area contributed by atoms with Crippen molar-refractivity contribution in [1.82, 2.24) is 4.90 Å². The summed E-state index contributed by atoms with van der Waals surface area (Å²) in [4.78, 5) is 14.8. The predicted molar refractivity (Wildman–Crippen MR) is 122 cm³/mol. The molecule has 0 fully saturated rings. The van der Waals surface area contributed by atoms with E-state index in [1.54, 1.807) is 68.4 Å². The molecule has 31 heavy (non-hydrogen) atoms. The van der Waals surface area contributed by atoms with Crippen molar-refractivity contribution in [2.45, 2.75) is 25.3 Å². The van der Waals surface area contributed by atoms with Gasteiger partial charge >= 0.3 is 0 Å². The van der Waals surface area contributed by atoms with Crippen molar-refractivity contribution < 1.29 is 17.9 Å². The number of nitrogens with zero attached hydrogens (tertiary/aromatic N) is 1. The van der Waals surface area contributed by atoms with Gasteiger partial charge in [0.1, 0.15) is 5.75 Å². The van der Waals surface area contributed by atoms with Gasteiger partial charge in [0.15, 0.2) is 0 Å². The number of nitrogens with one attached hydrogen (secondary N) is 1. The Morgan fingerprint density at radius 2 is 1.61 bits per heavy atom. The van der Waals surface area contributed by atoms with Gasteiger partial charge in [-0.3, -0.25) is 9.52 Å². The molecule has 0 spiro atoms. The molecule has 0 bridgehead atoms. The van der Waals surface area contributed by atoms with Crippen molar-refractivity contribution in [2.75, 3.05) is 18.9 Å². The maximum atomic E-state index is 13.0. The summed E-state index contributed by atoms with van der Waals surface area (Å²) in [5.74, 6) is 0.562. The van der Waals surface area contributed by atoms with E-state index < -0.39 is 10.0 Å². The Balaban J connectivity index is 1.80. The first kappa shape index (κ1) is 22.4. The zero-order valence-corrected chi connectivity index (χ0v) is 18.9. The van der Waals surface area contributed by atoms with Crippen LogP contribution in [0.3, 0.4) is 0 Å². The summed E-state index contributed by atoms with van der Waals surface area (Å²) in [5.41, 5.74) is 3.34. The van der Waals surface area contributed by atoms with Crippen LogP contribution >= 0.6 is 0 Å². The van der Waals surface area contributed by atoms with Crippen molar-refractivity contribution in [2.24, 2.45) is 0 Å². The first-order valence-corrected chi connectivity index (χ1v) is 11.3. The van der Waals surface area contributed by atoms with E-state index >= 15 is 0 Å². The van der Waals surface area contributed by atoms with E-state index in [0.717, 1.165) is 16.9 Å². The van der Waals surface area contributed by atoms with E-state index in [4.69, 9.17) is 4.74 Å². The molecule has 0 aliphatic heterocycles. The van der Waals surface area contributed by atoms with Gasteiger partial charge < -0.3 is 9.64 Å². The molecular formula is C24H26N2O4S. The van der Waals surface area contributed by atoms with Crippen LogP contribution in [-0.2, 0) is 16.6 Å². The number of carbonyl (C=O) groups is 1. The van der Waals surface area contributed by atoms with E-state index in [-0.39, 0.29) is 10.8 Å². The minimum Gasteiger partial charge on any atom is -0.497 e. The van der Waals surface area contributed by atoms with E-state index in [9.17, 15) is 13.2 Å². The van der Waals surface area contributed by atoms with Crippen LogP contribution in [0.4, 0.5) is 5.69 Å². The number of anilines is 1. The number of ether oxygens (including phenoxy) is 1. The highest BCUT2D eigenvalue weighted by atomic mass is 32.2. The predicted octanol–water partition coefficient (Wildman–Crippen LogP) is 4.39. The Morgan fingerprint density at radius 1 is 0.968 bits per heavy atom. The lowest BCUT2D eigenvalue weighted by atomic mass is 10.1. The largest absolute Gasteiger partial charge is 0.497 e. The number of sulfonamides is 1. The molecule has 0 heterocycles. The molecule has 0 aliphatic carbocycles. The fraction of sp³-hybridized carbons (Fsp3) is 0.208. The normalized spacial score (nSPS) is 11.1. The number of carbonyl (C=O) groups excluding carboxylic acids is 1. The molecule has 1 amide bonds. The number of hydrogen-bond acceptors (Lipinski definition) is 4. The number of aryl methyl sites for hydroxylation is 1. The highest BCUT2D eigenvalue weighted by Crippen LogP contribution is 2.24. The Labute approximate surface area is 183 Å². The minimum absolute atomic E-state index is 0.172.